The largest absolute Gasteiger partial charge is 0.481 e. The minimum atomic E-state index is -1.15. The highest BCUT2D eigenvalue weighted by molar-refractivity contribution is 5.69. The molecule has 0 aliphatic carbocycles. The van der Waals surface area contributed by atoms with Crippen molar-refractivity contribution >= 4 is 5.97 Å². The van der Waals surface area contributed by atoms with Crippen LogP contribution in [-0.2, 0) is 11.2 Å². The van der Waals surface area contributed by atoms with Crippen LogP contribution >= 0.6 is 0 Å². The van der Waals surface area contributed by atoms with Crippen molar-refractivity contribution in [2.24, 2.45) is 0 Å². The average molecular weight is 170 g/mol. The summed E-state index contributed by atoms with van der Waals surface area (Å²) in [6.07, 6.45) is -0.445. The van der Waals surface area contributed by atoms with Crippen molar-refractivity contribution in [1.29, 1.82) is 0 Å². The third kappa shape index (κ3) is 1.82. The maximum absolute atomic E-state index is 10.8. The summed E-state index contributed by atoms with van der Waals surface area (Å²) in [6, 6.07) is 0.965. The van der Waals surface area contributed by atoms with Gasteiger partial charge < -0.3 is 5.11 Å². The van der Waals surface area contributed by atoms with E-state index in [4.69, 9.17) is 5.11 Å². The number of aromatic nitrogens is 2. The van der Waals surface area contributed by atoms with E-state index >= 15 is 0 Å². The standard InChI is InChI=1S/C6H6N2O4/c9-4-1-3(2-5(10)11)6(12)8-7-4/h1H,2H2,(H,7,9)(H,8,12)(H,10,11). The van der Waals surface area contributed by atoms with Crippen molar-refractivity contribution in [3.8, 4) is 0 Å². The molecular formula is C6H6N2O4. The van der Waals surface area contributed by atoms with E-state index in [1.54, 1.807) is 0 Å². The van der Waals surface area contributed by atoms with E-state index in [1.807, 2.05) is 10.2 Å². The third-order valence-corrected chi connectivity index (χ3v) is 1.24. The number of carboxylic acids is 1. The number of carboxylic acid groups (broad SMARTS) is 1. The summed E-state index contributed by atoms with van der Waals surface area (Å²) in [5.74, 6) is -1.15. The smallest absolute Gasteiger partial charge is 0.308 e. The van der Waals surface area contributed by atoms with Gasteiger partial charge in [-0.25, -0.2) is 0 Å². The zero-order valence-corrected chi connectivity index (χ0v) is 5.96. The topological polar surface area (TPSA) is 103 Å². The Kier molecular flexibility index (Phi) is 2.09. The third-order valence-electron chi connectivity index (χ3n) is 1.24. The van der Waals surface area contributed by atoms with Gasteiger partial charge in [-0.1, -0.05) is 0 Å². The highest BCUT2D eigenvalue weighted by Gasteiger charge is 2.04. The van der Waals surface area contributed by atoms with Gasteiger partial charge in [0, 0.05) is 11.6 Å². The van der Waals surface area contributed by atoms with Crippen molar-refractivity contribution in [3.63, 3.8) is 0 Å². The van der Waals surface area contributed by atoms with Crippen molar-refractivity contribution < 1.29 is 9.90 Å². The number of rotatable bonds is 2. The molecule has 0 amide bonds. The molecule has 6 nitrogen and oxygen atoms in total. The maximum atomic E-state index is 10.8. The number of H-pyrrole nitrogens is 2. The zero-order valence-electron chi connectivity index (χ0n) is 5.96. The van der Waals surface area contributed by atoms with Crippen molar-refractivity contribution in [1.82, 2.24) is 10.2 Å². The minimum Gasteiger partial charge on any atom is -0.481 e. The monoisotopic (exact) mass is 170 g/mol. The summed E-state index contributed by atoms with van der Waals surface area (Å²) in [7, 11) is 0. The Hall–Kier alpha value is -1.85. The molecule has 0 aliphatic heterocycles. The highest BCUT2D eigenvalue weighted by atomic mass is 16.4. The number of aliphatic carboxylic acids is 1. The second-order valence-electron chi connectivity index (χ2n) is 2.18. The molecule has 6 heteroatoms. The lowest BCUT2D eigenvalue weighted by Crippen LogP contribution is -2.23. The molecule has 0 radical (unpaired) electrons. The highest BCUT2D eigenvalue weighted by Crippen LogP contribution is 1.85. The van der Waals surface area contributed by atoms with Crippen LogP contribution in [0.4, 0.5) is 0 Å². The van der Waals surface area contributed by atoms with E-state index in [1.165, 1.54) is 0 Å². The number of carbonyl (C=O) groups is 1. The molecule has 0 saturated heterocycles. The molecule has 0 fully saturated rings. The van der Waals surface area contributed by atoms with Crippen LogP contribution in [0.15, 0.2) is 15.7 Å². The van der Waals surface area contributed by atoms with Crippen LogP contribution in [0.3, 0.4) is 0 Å². The summed E-state index contributed by atoms with van der Waals surface area (Å²) in [6.45, 7) is 0. The van der Waals surface area contributed by atoms with Crippen LogP contribution in [-0.4, -0.2) is 21.3 Å². The molecule has 0 aliphatic rings. The van der Waals surface area contributed by atoms with Gasteiger partial charge in [0.25, 0.3) is 11.1 Å². The Labute approximate surface area is 65.8 Å². The van der Waals surface area contributed by atoms with Gasteiger partial charge in [-0.3, -0.25) is 24.6 Å². The first-order chi connectivity index (χ1) is 5.59. The molecule has 0 spiro atoms. The van der Waals surface area contributed by atoms with Gasteiger partial charge in [-0.15, -0.1) is 0 Å². The summed E-state index contributed by atoms with van der Waals surface area (Å²) in [5, 5.41) is 12.4. The lowest BCUT2D eigenvalue weighted by Gasteiger charge is -1.92. The molecule has 12 heavy (non-hydrogen) atoms. The Balaban J connectivity index is 3.14. The second kappa shape index (κ2) is 3.04. The Bertz CT molecular complexity index is 402. The van der Waals surface area contributed by atoms with Crippen molar-refractivity contribution in [2.45, 2.75) is 6.42 Å². The Morgan fingerprint density at radius 3 is 2.67 bits per heavy atom. The van der Waals surface area contributed by atoms with Crippen LogP contribution in [0, 0.1) is 0 Å². The molecule has 0 bridgehead atoms. The van der Waals surface area contributed by atoms with Crippen LogP contribution in [0.2, 0.25) is 0 Å². The van der Waals surface area contributed by atoms with Crippen LogP contribution in [0.25, 0.3) is 0 Å². The van der Waals surface area contributed by atoms with E-state index in [0.717, 1.165) is 6.07 Å². The molecular weight excluding hydrogens is 164 g/mol. The van der Waals surface area contributed by atoms with Gasteiger partial charge in [0.05, 0.1) is 6.42 Å². The molecule has 0 saturated carbocycles. The quantitative estimate of drug-likeness (QED) is 0.512. The number of hydrogen-bond donors (Lipinski definition) is 3. The van der Waals surface area contributed by atoms with E-state index in [0.29, 0.717) is 0 Å². The molecule has 1 rings (SSSR count). The zero-order chi connectivity index (χ0) is 9.14. The van der Waals surface area contributed by atoms with E-state index in [2.05, 4.69) is 0 Å². The molecule has 64 valence electrons. The molecule has 1 aromatic rings. The molecule has 0 unspecified atom stereocenters. The molecule has 1 aromatic heterocycles. The summed E-state index contributed by atoms with van der Waals surface area (Å²) >= 11 is 0. The summed E-state index contributed by atoms with van der Waals surface area (Å²) < 4.78 is 0. The van der Waals surface area contributed by atoms with Crippen LogP contribution in [0.1, 0.15) is 5.56 Å². The Morgan fingerprint density at radius 1 is 1.42 bits per heavy atom. The minimum absolute atomic E-state index is 0.0498. The van der Waals surface area contributed by atoms with Crippen molar-refractivity contribution in [3.05, 3.63) is 32.3 Å². The van der Waals surface area contributed by atoms with Gasteiger partial charge in [0.15, 0.2) is 0 Å². The molecule has 1 heterocycles. The molecule has 0 atom stereocenters. The van der Waals surface area contributed by atoms with Crippen LogP contribution < -0.4 is 11.1 Å². The average Bonchev–Trinajstić information content (AvgIpc) is 1.96. The first kappa shape index (κ1) is 8.25. The molecule has 3 N–H and O–H groups in total. The van der Waals surface area contributed by atoms with Gasteiger partial charge in [-0.2, -0.15) is 0 Å². The van der Waals surface area contributed by atoms with Gasteiger partial charge >= 0.3 is 5.97 Å². The van der Waals surface area contributed by atoms with E-state index in [-0.39, 0.29) is 5.56 Å². The number of hydrogen-bond acceptors (Lipinski definition) is 3. The SMILES string of the molecule is O=C(O)Cc1cc(=O)[nH][nH]c1=O. The summed E-state index contributed by atoms with van der Waals surface area (Å²) in [4.78, 5) is 31.6. The fraction of sp³-hybridized carbons (Fsp3) is 0.167. The summed E-state index contributed by atoms with van der Waals surface area (Å²) in [5.41, 5.74) is -1.16. The normalized spacial score (nSPS) is 9.67. The lowest BCUT2D eigenvalue weighted by molar-refractivity contribution is -0.136. The van der Waals surface area contributed by atoms with E-state index < -0.39 is 23.5 Å². The van der Waals surface area contributed by atoms with Crippen molar-refractivity contribution in [2.75, 3.05) is 0 Å². The maximum Gasteiger partial charge on any atom is 0.308 e. The lowest BCUT2D eigenvalue weighted by atomic mass is 10.2. The first-order valence-electron chi connectivity index (χ1n) is 3.12. The van der Waals surface area contributed by atoms with Gasteiger partial charge in [0.1, 0.15) is 0 Å². The van der Waals surface area contributed by atoms with Gasteiger partial charge in [-0.05, 0) is 0 Å². The van der Waals surface area contributed by atoms with Gasteiger partial charge in [0.2, 0.25) is 0 Å². The predicted octanol–water partition coefficient (Wildman–Crippen LogP) is -1.31. The first-order valence-corrected chi connectivity index (χ1v) is 3.12. The fourth-order valence-electron chi connectivity index (χ4n) is 0.753. The second-order valence-corrected chi connectivity index (χ2v) is 2.18. The molecule has 0 aromatic carbocycles. The number of nitrogens with one attached hydrogen (secondary N) is 2. The van der Waals surface area contributed by atoms with E-state index in [9.17, 15) is 14.4 Å². The van der Waals surface area contributed by atoms with Crippen LogP contribution in [0.5, 0.6) is 0 Å². The fourth-order valence-corrected chi connectivity index (χ4v) is 0.753. The number of aromatic amines is 2. The Morgan fingerprint density at radius 2 is 2.08 bits per heavy atom. The predicted molar refractivity (Wildman–Crippen MR) is 39.0 cm³/mol.